The molecule has 1 atom stereocenters. The average molecular weight is 497 g/mol. The van der Waals surface area contributed by atoms with Crippen LogP contribution in [0, 0.1) is 0 Å². The van der Waals surface area contributed by atoms with E-state index in [0.717, 1.165) is 11.3 Å². The zero-order valence-electron chi connectivity index (χ0n) is 19.7. The van der Waals surface area contributed by atoms with Gasteiger partial charge in [-0.15, -0.1) is 0 Å². The molecule has 6 nitrogen and oxygen atoms in total. The van der Waals surface area contributed by atoms with Crippen molar-refractivity contribution in [3.05, 3.63) is 114 Å². The second-order valence-corrected chi connectivity index (χ2v) is 11.6. The Balaban J connectivity index is 1.58. The summed E-state index contributed by atoms with van der Waals surface area (Å²) in [5.74, 6) is 0.842. The summed E-state index contributed by atoms with van der Waals surface area (Å²) in [6.07, 6.45) is 0. The zero-order valence-corrected chi connectivity index (χ0v) is 20.6. The number of benzene rings is 4. The van der Waals surface area contributed by atoms with Crippen LogP contribution in [0.3, 0.4) is 0 Å². The predicted octanol–water partition coefficient (Wildman–Crippen LogP) is 5.09. The fourth-order valence-electron chi connectivity index (χ4n) is 5.05. The number of ether oxygens (including phenoxy) is 3. The molecule has 0 aromatic heterocycles. The summed E-state index contributed by atoms with van der Waals surface area (Å²) in [6, 6.07) is 29.9. The van der Waals surface area contributed by atoms with Crippen molar-refractivity contribution in [2.75, 3.05) is 13.9 Å². The number of hydrogen-bond donors (Lipinski definition) is 0. The first-order valence-electron chi connectivity index (χ1n) is 11.7. The Morgan fingerprint density at radius 1 is 0.861 bits per heavy atom. The van der Waals surface area contributed by atoms with Crippen LogP contribution in [0.1, 0.15) is 27.3 Å². The quantitative estimate of drug-likeness (QED) is 0.347. The lowest BCUT2D eigenvalue weighted by atomic mass is 10.1. The molecule has 0 saturated heterocycles. The molecule has 2 aliphatic heterocycles. The minimum Gasteiger partial charge on any atom is -0.497 e. The molecule has 0 spiro atoms. The van der Waals surface area contributed by atoms with Gasteiger partial charge < -0.3 is 23.7 Å². The van der Waals surface area contributed by atoms with Crippen LogP contribution in [-0.4, -0.2) is 24.7 Å². The molecule has 0 saturated carbocycles. The molecule has 0 aliphatic carbocycles. The summed E-state index contributed by atoms with van der Waals surface area (Å²) in [5.41, 5.74) is 2.02. The highest BCUT2D eigenvalue weighted by Gasteiger charge is 2.51. The molecular weight excluding hydrogens is 473 g/mol. The van der Waals surface area contributed by atoms with Gasteiger partial charge in [0.25, 0.3) is 5.91 Å². The van der Waals surface area contributed by atoms with E-state index < -0.39 is 12.9 Å². The van der Waals surface area contributed by atoms with Gasteiger partial charge in [0.1, 0.15) is 11.5 Å². The third-order valence-electron chi connectivity index (χ3n) is 6.76. The summed E-state index contributed by atoms with van der Waals surface area (Å²) in [7, 11) is -1.82. The van der Waals surface area contributed by atoms with Gasteiger partial charge in [-0.25, -0.2) is 0 Å². The molecule has 6 rings (SSSR count). The number of nitrogens with zero attached hydrogens (tertiary/aromatic N) is 1. The molecule has 36 heavy (non-hydrogen) atoms. The summed E-state index contributed by atoms with van der Waals surface area (Å²) in [4.78, 5) is 15.6. The molecule has 4 aromatic carbocycles. The molecule has 1 amide bonds. The Labute approximate surface area is 209 Å². The number of rotatable bonds is 6. The summed E-state index contributed by atoms with van der Waals surface area (Å²) in [6.45, 7) is 0.341. The standard InChI is InChI=1S/C29H24NO5P/c1-33-21-14-12-20(13-15-21)18-30-28(31)24-16-17-25-27(35-19-34-25)26(24)29(30)36(32,22-8-4-2-5-9-22)23-10-6-3-7-11-23/h2-17,29H,18-19H2,1H3. The summed E-state index contributed by atoms with van der Waals surface area (Å²) < 4.78 is 32.3. The minimum absolute atomic E-state index is 0.0617. The second kappa shape index (κ2) is 8.89. The number of carbonyl (C=O) groups is 1. The average Bonchev–Trinajstić information content (AvgIpc) is 3.53. The lowest BCUT2D eigenvalue weighted by Gasteiger charge is -2.33. The van der Waals surface area contributed by atoms with Gasteiger partial charge in [0.2, 0.25) is 6.79 Å². The Morgan fingerprint density at radius 2 is 1.50 bits per heavy atom. The van der Waals surface area contributed by atoms with Crippen LogP contribution in [0.4, 0.5) is 0 Å². The number of amides is 1. The Bertz CT molecular complexity index is 1430. The highest BCUT2D eigenvalue weighted by Crippen LogP contribution is 2.65. The van der Waals surface area contributed by atoms with E-state index in [1.807, 2.05) is 84.9 Å². The van der Waals surface area contributed by atoms with Crippen LogP contribution in [0.15, 0.2) is 97.1 Å². The molecular formula is C29H24NO5P. The molecule has 1 unspecified atom stereocenters. The number of methoxy groups -OCH3 is 1. The van der Waals surface area contributed by atoms with Crippen molar-refractivity contribution in [2.24, 2.45) is 0 Å². The van der Waals surface area contributed by atoms with Gasteiger partial charge in [-0.3, -0.25) is 4.79 Å². The highest BCUT2D eigenvalue weighted by molar-refractivity contribution is 7.79. The molecule has 180 valence electrons. The molecule has 2 aliphatic rings. The zero-order chi connectivity index (χ0) is 24.7. The molecule has 0 fully saturated rings. The van der Waals surface area contributed by atoms with E-state index in [1.165, 1.54) is 0 Å². The monoisotopic (exact) mass is 497 g/mol. The van der Waals surface area contributed by atoms with Crippen molar-refractivity contribution in [3.63, 3.8) is 0 Å². The first-order valence-corrected chi connectivity index (χ1v) is 13.5. The maximum atomic E-state index is 15.5. The Hall–Kier alpha value is -4.02. The molecule has 0 bridgehead atoms. The van der Waals surface area contributed by atoms with Crippen LogP contribution in [0.5, 0.6) is 17.2 Å². The number of fused-ring (bicyclic) bond motifs is 3. The van der Waals surface area contributed by atoms with Gasteiger partial charge in [-0.2, -0.15) is 0 Å². The lowest BCUT2D eigenvalue weighted by Crippen LogP contribution is -2.33. The molecule has 4 aromatic rings. The maximum Gasteiger partial charge on any atom is 0.255 e. The first-order chi connectivity index (χ1) is 17.6. The van der Waals surface area contributed by atoms with E-state index in [0.29, 0.717) is 33.2 Å². The van der Waals surface area contributed by atoms with E-state index in [2.05, 4.69) is 0 Å². The van der Waals surface area contributed by atoms with Crippen molar-refractivity contribution in [1.82, 2.24) is 4.90 Å². The largest absolute Gasteiger partial charge is 0.497 e. The van der Waals surface area contributed by atoms with E-state index in [4.69, 9.17) is 14.2 Å². The van der Waals surface area contributed by atoms with Gasteiger partial charge in [0.05, 0.1) is 7.11 Å². The Morgan fingerprint density at radius 3 is 2.11 bits per heavy atom. The minimum atomic E-state index is -3.44. The number of carbonyl (C=O) groups excluding carboxylic acids is 1. The van der Waals surface area contributed by atoms with Crippen LogP contribution >= 0.6 is 7.14 Å². The second-order valence-electron chi connectivity index (χ2n) is 8.74. The van der Waals surface area contributed by atoms with Crippen molar-refractivity contribution in [3.8, 4) is 17.2 Å². The van der Waals surface area contributed by atoms with E-state index in [9.17, 15) is 4.79 Å². The fourth-order valence-corrected chi connectivity index (χ4v) is 8.34. The van der Waals surface area contributed by atoms with E-state index in [-0.39, 0.29) is 19.2 Å². The fraction of sp³-hybridized carbons (Fsp3) is 0.138. The maximum absolute atomic E-state index is 15.5. The van der Waals surface area contributed by atoms with Crippen LogP contribution < -0.4 is 24.8 Å². The third kappa shape index (κ3) is 3.49. The van der Waals surface area contributed by atoms with Crippen LogP contribution in [-0.2, 0) is 11.1 Å². The molecule has 2 heterocycles. The third-order valence-corrected chi connectivity index (χ3v) is 10.1. The lowest BCUT2D eigenvalue weighted by molar-refractivity contribution is 0.0756. The van der Waals surface area contributed by atoms with Gasteiger partial charge in [-0.05, 0) is 29.8 Å². The topological polar surface area (TPSA) is 65.1 Å². The van der Waals surface area contributed by atoms with Crippen molar-refractivity contribution >= 4 is 23.7 Å². The van der Waals surface area contributed by atoms with Gasteiger partial charge in [0, 0.05) is 28.3 Å². The summed E-state index contributed by atoms with van der Waals surface area (Å²) in [5, 5.41) is 1.36. The first kappa shape index (κ1) is 22.4. The van der Waals surface area contributed by atoms with Crippen molar-refractivity contribution in [1.29, 1.82) is 0 Å². The molecule has 0 N–H and O–H groups in total. The Kier molecular flexibility index (Phi) is 5.54. The van der Waals surface area contributed by atoms with Gasteiger partial charge >= 0.3 is 0 Å². The highest BCUT2D eigenvalue weighted by atomic mass is 31.2. The van der Waals surface area contributed by atoms with Crippen molar-refractivity contribution in [2.45, 2.75) is 12.3 Å². The van der Waals surface area contributed by atoms with Crippen LogP contribution in [0.2, 0.25) is 0 Å². The van der Waals surface area contributed by atoms with E-state index in [1.54, 1.807) is 24.1 Å². The summed E-state index contributed by atoms with van der Waals surface area (Å²) >= 11 is 0. The molecule has 7 heteroatoms. The van der Waals surface area contributed by atoms with Gasteiger partial charge in [0.15, 0.2) is 18.6 Å². The molecule has 0 radical (unpaired) electrons. The van der Waals surface area contributed by atoms with Crippen LogP contribution in [0.25, 0.3) is 0 Å². The van der Waals surface area contributed by atoms with Crippen molar-refractivity contribution < 1.29 is 23.6 Å². The number of hydrogen-bond acceptors (Lipinski definition) is 5. The normalized spacial score (nSPS) is 16.2. The van der Waals surface area contributed by atoms with E-state index >= 15 is 4.57 Å². The SMILES string of the molecule is COc1ccc(CN2C(=O)c3ccc4c(c3C2P(=O)(c2ccccc2)c2ccccc2)OCO4)cc1. The predicted molar refractivity (Wildman–Crippen MR) is 138 cm³/mol. The smallest absolute Gasteiger partial charge is 0.255 e. The van der Waals surface area contributed by atoms with Gasteiger partial charge in [-0.1, -0.05) is 72.8 Å².